The van der Waals surface area contributed by atoms with E-state index in [1.807, 2.05) is 0 Å². The SMILES string of the molecule is CCOC(=O)C1(CC(=O)O)CCCC1. The Morgan fingerprint density at radius 1 is 1.36 bits per heavy atom. The van der Waals surface area contributed by atoms with Gasteiger partial charge >= 0.3 is 11.9 Å². The van der Waals surface area contributed by atoms with Crippen molar-refractivity contribution in [3.8, 4) is 0 Å². The summed E-state index contributed by atoms with van der Waals surface area (Å²) in [4.78, 5) is 22.3. The summed E-state index contributed by atoms with van der Waals surface area (Å²) < 4.78 is 4.93. The quantitative estimate of drug-likeness (QED) is 0.700. The Bertz CT molecular complexity index is 228. The first-order valence-corrected chi connectivity index (χ1v) is 5.00. The number of hydrogen-bond acceptors (Lipinski definition) is 3. The van der Waals surface area contributed by atoms with Crippen molar-refractivity contribution < 1.29 is 19.4 Å². The van der Waals surface area contributed by atoms with E-state index < -0.39 is 11.4 Å². The molecule has 1 saturated carbocycles. The topological polar surface area (TPSA) is 63.6 Å². The lowest BCUT2D eigenvalue weighted by molar-refractivity contribution is -0.160. The van der Waals surface area contributed by atoms with E-state index in [4.69, 9.17) is 9.84 Å². The molecule has 4 nitrogen and oxygen atoms in total. The van der Waals surface area contributed by atoms with Crippen molar-refractivity contribution in [3.05, 3.63) is 0 Å². The van der Waals surface area contributed by atoms with Crippen LogP contribution in [0.1, 0.15) is 39.0 Å². The second-order valence-electron chi connectivity index (χ2n) is 3.78. The van der Waals surface area contributed by atoms with Gasteiger partial charge in [-0.3, -0.25) is 9.59 Å². The highest BCUT2D eigenvalue weighted by atomic mass is 16.5. The van der Waals surface area contributed by atoms with Gasteiger partial charge in [-0.2, -0.15) is 0 Å². The largest absolute Gasteiger partial charge is 0.481 e. The van der Waals surface area contributed by atoms with Crippen LogP contribution in [-0.2, 0) is 14.3 Å². The number of carbonyl (C=O) groups excluding carboxylic acids is 1. The van der Waals surface area contributed by atoms with Crippen LogP contribution in [0.2, 0.25) is 0 Å². The first-order valence-electron chi connectivity index (χ1n) is 5.00. The van der Waals surface area contributed by atoms with Crippen LogP contribution in [0.4, 0.5) is 0 Å². The van der Waals surface area contributed by atoms with Crippen LogP contribution in [0.15, 0.2) is 0 Å². The van der Waals surface area contributed by atoms with E-state index in [-0.39, 0.29) is 12.4 Å². The van der Waals surface area contributed by atoms with E-state index in [9.17, 15) is 9.59 Å². The molecule has 0 amide bonds. The minimum absolute atomic E-state index is 0.0914. The maximum absolute atomic E-state index is 11.6. The number of carboxylic acid groups (broad SMARTS) is 1. The van der Waals surface area contributed by atoms with Gasteiger partial charge in [0.1, 0.15) is 0 Å². The molecule has 0 aromatic rings. The molecule has 0 aliphatic heterocycles. The van der Waals surface area contributed by atoms with Gasteiger partial charge in [0, 0.05) is 0 Å². The van der Waals surface area contributed by atoms with Crippen LogP contribution in [-0.4, -0.2) is 23.7 Å². The molecule has 0 radical (unpaired) electrons. The Kier molecular flexibility index (Phi) is 3.49. The minimum atomic E-state index is -0.917. The standard InChI is InChI=1S/C10H16O4/c1-2-14-9(13)10(7-8(11)12)5-3-4-6-10/h2-7H2,1H3,(H,11,12). The predicted octanol–water partition coefficient (Wildman–Crippen LogP) is 1.58. The fourth-order valence-corrected chi connectivity index (χ4v) is 2.08. The van der Waals surface area contributed by atoms with Gasteiger partial charge in [-0.25, -0.2) is 0 Å². The van der Waals surface area contributed by atoms with Crippen LogP contribution >= 0.6 is 0 Å². The zero-order chi connectivity index (χ0) is 10.6. The number of hydrogen-bond donors (Lipinski definition) is 1. The Hall–Kier alpha value is -1.06. The van der Waals surface area contributed by atoms with Gasteiger partial charge in [0.2, 0.25) is 0 Å². The summed E-state index contributed by atoms with van der Waals surface area (Å²) in [5.41, 5.74) is -0.734. The summed E-state index contributed by atoms with van der Waals surface area (Å²) in [6, 6.07) is 0. The third-order valence-electron chi connectivity index (χ3n) is 2.76. The van der Waals surface area contributed by atoms with Crippen molar-refractivity contribution in [3.63, 3.8) is 0 Å². The third-order valence-corrected chi connectivity index (χ3v) is 2.76. The van der Waals surface area contributed by atoms with Crippen molar-refractivity contribution in [2.45, 2.75) is 39.0 Å². The van der Waals surface area contributed by atoms with E-state index >= 15 is 0 Å². The highest BCUT2D eigenvalue weighted by Gasteiger charge is 2.44. The van der Waals surface area contributed by atoms with E-state index in [0.717, 1.165) is 12.8 Å². The summed E-state index contributed by atoms with van der Waals surface area (Å²) in [5.74, 6) is -1.25. The monoisotopic (exact) mass is 200 g/mol. The van der Waals surface area contributed by atoms with Crippen molar-refractivity contribution >= 4 is 11.9 Å². The molecule has 0 spiro atoms. The summed E-state index contributed by atoms with van der Waals surface area (Å²) in [5, 5.41) is 8.75. The Balaban J connectivity index is 2.70. The molecule has 1 aliphatic carbocycles. The van der Waals surface area contributed by atoms with Crippen LogP contribution in [0, 0.1) is 5.41 Å². The van der Waals surface area contributed by atoms with Crippen LogP contribution < -0.4 is 0 Å². The van der Waals surface area contributed by atoms with E-state index in [0.29, 0.717) is 19.4 Å². The minimum Gasteiger partial charge on any atom is -0.481 e. The van der Waals surface area contributed by atoms with Gasteiger partial charge in [-0.05, 0) is 19.8 Å². The molecule has 1 rings (SSSR count). The molecule has 80 valence electrons. The number of esters is 1. The molecule has 0 saturated heterocycles. The Morgan fingerprint density at radius 3 is 2.36 bits per heavy atom. The average molecular weight is 200 g/mol. The van der Waals surface area contributed by atoms with E-state index in [2.05, 4.69) is 0 Å². The molecule has 0 bridgehead atoms. The highest BCUT2D eigenvalue weighted by Crippen LogP contribution is 2.42. The first kappa shape index (κ1) is 11.0. The van der Waals surface area contributed by atoms with Gasteiger partial charge in [0.05, 0.1) is 18.4 Å². The van der Waals surface area contributed by atoms with Crippen molar-refractivity contribution in [1.82, 2.24) is 0 Å². The fraction of sp³-hybridized carbons (Fsp3) is 0.800. The van der Waals surface area contributed by atoms with E-state index in [1.54, 1.807) is 6.92 Å². The lowest BCUT2D eigenvalue weighted by Gasteiger charge is -2.24. The first-order chi connectivity index (χ1) is 6.60. The zero-order valence-electron chi connectivity index (χ0n) is 8.41. The van der Waals surface area contributed by atoms with Crippen LogP contribution in [0.5, 0.6) is 0 Å². The van der Waals surface area contributed by atoms with Gasteiger partial charge in [-0.15, -0.1) is 0 Å². The number of aliphatic carboxylic acids is 1. The highest BCUT2D eigenvalue weighted by molar-refractivity contribution is 5.83. The molecular formula is C10H16O4. The molecule has 0 aromatic heterocycles. The summed E-state index contributed by atoms with van der Waals surface area (Å²) in [7, 11) is 0. The third kappa shape index (κ3) is 2.25. The average Bonchev–Trinajstić information content (AvgIpc) is 2.53. The normalized spacial score (nSPS) is 19.2. The Labute approximate surface area is 83.2 Å². The van der Waals surface area contributed by atoms with E-state index in [1.165, 1.54) is 0 Å². The molecule has 1 N–H and O–H groups in total. The van der Waals surface area contributed by atoms with Crippen LogP contribution in [0.25, 0.3) is 0 Å². The van der Waals surface area contributed by atoms with Crippen LogP contribution in [0.3, 0.4) is 0 Å². The second kappa shape index (κ2) is 4.44. The van der Waals surface area contributed by atoms with Gasteiger partial charge < -0.3 is 9.84 Å². The molecule has 0 heterocycles. The predicted molar refractivity (Wildman–Crippen MR) is 49.8 cm³/mol. The summed E-state index contributed by atoms with van der Waals surface area (Å²) in [6.07, 6.45) is 3.06. The number of ether oxygens (including phenoxy) is 1. The fourth-order valence-electron chi connectivity index (χ4n) is 2.08. The number of carboxylic acids is 1. The number of carbonyl (C=O) groups is 2. The van der Waals surface area contributed by atoms with Gasteiger partial charge in [0.25, 0.3) is 0 Å². The molecule has 4 heteroatoms. The molecular weight excluding hydrogens is 184 g/mol. The molecule has 14 heavy (non-hydrogen) atoms. The van der Waals surface area contributed by atoms with Crippen molar-refractivity contribution in [2.75, 3.05) is 6.61 Å². The van der Waals surface area contributed by atoms with Crippen molar-refractivity contribution in [2.24, 2.45) is 5.41 Å². The zero-order valence-corrected chi connectivity index (χ0v) is 8.41. The van der Waals surface area contributed by atoms with Gasteiger partial charge in [0.15, 0.2) is 0 Å². The summed E-state index contributed by atoms with van der Waals surface area (Å²) >= 11 is 0. The molecule has 1 aliphatic rings. The smallest absolute Gasteiger partial charge is 0.312 e. The summed E-state index contributed by atoms with van der Waals surface area (Å²) in [6.45, 7) is 2.06. The lowest BCUT2D eigenvalue weighted by atomic mass is 9.83. The molecule has 1 fully saturated rings. The lowest BCUT2D eigenvalue weighted by Crippen LogP contribution is -2.32. The van der Waals surface area contributed by atoms with Crippen molar-refractivity contribution in [1.29, 1.82) is 0 Å². The second-order valence-corrected chi connectivity index (χ2v) is 3.78. The number of rotatable bonds is 4. The van der Waals surface area contributed by atoms with Gasteiger partial charge in [-0.1, -0.05) is 12.8 Å². The molecule has 0 aromatic carbocycles. The molecule has 0 unspecified atom stereocenters. The molecule has 0 atom stereocenters. The Morgan fingerprint density at radius 2 is 1.93 bits per heavy atom. The maximum Gasteiger partial charge on any atom is 0.312 e. The maximum atomic E-state index is 11.6.